The molecule has 2 saturated heterocycles. The fourth-order valence-electron chi connectivity index (χ4n) is 10.6. The first-order chi connectivity index (χ1) is 40.6. The Morgan fingerprint density at radius 2 is 0.831 bits per heavy atom. The second-order valence-corrected chi connectivity index (χ2v) is 23.2. The van der Waals surface area contributed by atoms with Gasteiger partial charge in [0, 0.05) is 6.42 Å². The van der Waals surface area contributed by atoms with E-state index in [-0.39, 0.29) is 12.5 Å². The van der Waals surface area contributed by atoms with Crippen molar-refractivity contribution in [1.29, 1.82) is 0 Å². The summed E-state index contributed by atoms with van der Waals surface area (Å²) >= 11 is 0. The Balaban J connectivity index is 1.51. The van der Waals surface area contributed by atoms with Gasteiger partial charge in [0.25, 0.3) is 0 Å². The van der Waals surface area contributed by atoms with E-state index in [0.717, 1.165) is 96.3 Å². The maximum absolute atomic E-state index is 13.2. The molecule has 2 fully saturated rings. The highest BCUT2D eigenvalue weighted by Gasteiger charge is 2.51. The molecule has 12 atom stereocenters. The number of unbranched alkanes of at least 4 members (excludes halogenated alkanes) is 26. The molecule has 0 spiro atoms. The SMILES string of the molecule is CC/C=C\C/C=C\C/C=C\C/C=C\C/C=C\C/C=C\C/C=C\CCCCCCCCCCCCCCCCCCCCCC(=O)NC(COC1OC(CO)C(OC2OC(CO)C(O)C(O)C2O)C(O)C1O)C(O)CCCCCCCCCC. The van der Waals surface area contributed by atoms with Gasteiger partial charge in [-0.05, 0) is 70.6 Å². The summed E-state index contributed by atoms with van der Waals surface area (Å²) in [5.41, 5.74) is 0. The van der Waals surface area contributed by atoms with Crippen molar-refractivity contribution in [2.45, 2.75) is 325 Å². The summed E-state index contributed by atoms with van der Waals surface area (Å²) in [6, 6.07) is -0.828. The minimum atomic E-state index is -1.78. The second-order valence-electron chi connectivity index (χ2n) is 23.2. The normalized spacial score (nSPS) is 24.4. The molecule has 0 radical (unpaired) electrons. The van der Waals surface area contributed by atoms with E-state index in [4.69, 9.17) is 18.9 Å². The van der Waals surface area contributed by atoms with Crippen molar-refractivity contribution in [3.8, 4) is 0 Å². The molecule has 2 rings (SSSR count). The number of nitrogens with one attached hydrogen (secondary N) is 1. The standard InChI is InChI=1S/C69H121NO13/c1-3-5-7-9-11-13-14-15-16-17-18-19-20-21-22-23-24-25-26-27-28-29-30-31-32-33-34-35-36-37-38-39-40-41-42-43-44-45-47-49-51-53-61(74)70-57(58(73)52-50-48-46-12-10-8-6-4-2)56-80-68-66(79)64(77)67(60(55-72)82-68)83-69-65(78)63(76)62(75)59(54-71)81-69/h5,7,11,13,15-16,18-19,21-22,24-25,27-28,57-60,62-69,71-73,75-79H,3-4,6,8-10,12,14,17,20,23,26,29-56H2,1-2H3,(H,70,74)/b7-5-,13-11-,16-15-,19-18-,22-21-,25-24-,28-27-. The summed E-state index contributed by atoms with van der Waals surface area (Å²) in [5.74, 6) is -0.210. The Hall–Kier alpha value is -2.83. The molecule has 1 amide bonds. The van der Waals surface area contributed by atoms with Gasteiger partial charge in [0.05, 0.1) is 32.0 Å². The van der Waals surface area contributed by atoms with Crippen molar-refractivity contribution in [2.75, 3.05) is 19.8 Å². The maximum Gasteiger partial charge on any atom is 0.220 e. The van der Waals surface area contributed by atoms with Gasteiger partial charge in [-0.1, -0.05) is 259 Å². The summed E-state index contributed by atoms with van der Waals surface area (Å²) in [6.45, 7) is 2.70. The third-order valence-corrected chi connectivity index (χ3v) is 15.9. The van der Waals surface area contributed by atoms with Gasteiger partial charge in [0.2, 0.25) is 5.91 Å². The van der Waals surface area contributed by atoms with E-state index in [1.165, 1.54) is 128 Å². The second kappa shape index (κ2) is 53.4. The number of carbonyl (C=O) groups is 1. The predicted molar refractivity (Wildman–Crippen MR) is 336 cm³/mol. The van der Waals surface area contributed by atoms with Gasteiger partial charge >= 0.3 is 0 Å². The lowest BCUT2D eigenvalue weighted by Gasteiger charge is -2.46. The van der Waals surface area contributed by atoms with Crippen LogP contribution in [0.2, 0.25) is 0 Å². The average Bonchev–Trinajstić information content (AvgIpc) is 3.45. The minimum Gasteiger partial charge on any atom is -0.394 e. The molecule has 480 valence electrons. The Labute approximate surface area is 503 Å². The third kappa shape index (κ3) is 38.1. The van der Waals surface area contributed by atoms with Crippen LogP contribution in [-0.2, 0) is 23.7 Å². The molecule has 0 aromatic rings. The first-order valence-corrected chi connectivity index (χ1v) is 33.3. The van der Waals surface area contributed by atoms with Crippen LogP contribution in [0.25, 0.3) is 0 Å². The first-order valence-electron chi connectivity index (χ1n) is 33.3. The Morgan fingerprint density at radius 3 is 1.28 bits per heavy atom. The zero-order chi connectivity index (χ0) is 60.2. The van der Waals surface area contributed by atoms with Crippen LogP contribution in [0, 0.1) is 0 Å². The number of hydrogen-bond donors (Lipinski definition) is 9. The lowest BCUT2D eigenvalue weighted by atomic mass is 9.97. The van der Waals surface area contributed by atoms with E-state index in [1.807, 2.05) is 0 Å². The zero-order valence-electron chi connectivity index (χ0n) is 51.9. The molecule has 2 aliphatic rings. The van der Waals surface area contributed by atoms with Crippen molar-refractivity contribution >= 4 is 5.91 Å². The van der Waals surface area contributed by atoms with E-state index in [0.29, 0.717) is 12.8 Å². The largest absolute Gasteiger partial charge is 0.394 e. The number of aliphatic hydroxyl groups is 8. The van der Waals surface area contributed by atoms with Gasteiger partial charge in [0.15, 0.2) is 12.6 Å². The average molecular weight is 1170 g/mol. The topological polar surface area (TPSA) is 228 Å². The van der Waals surface area contributed by atoms with E-state index in [2.05, 4.69) is 104 Å². The minimum absolute atomic E-state index is 0.210. The van der Waals surface area contributed by atoms with Crippen LogP contribution >= 0.6 is 0 Å². The van der Waals surface area contributed by atoms with Crippen molar-refractivity contribution in [3.05, 3.63) is 85.1 Å². The molecule has 0 aromatic carbocycles. The number of ether oxygens (including phenoxy) is 4. The molecule has 14 nitrogen and oxygen atoms in total. The Morgan fingerprint density at radius 1 is 0.446 bits per heavy atom. The molecule has 2 heterocycles. The number of amides is 1. The van der Waals surface area contributed by atoms with Crippen LogP contribution in [0.4, 0.5) is 0 Å². The van der Waals surface area contributed by atoms with E-state index >= 15 is 0 Å². The van der Waals surface area contributed by atoms with Gasteiger partial charge in [-0.15, -0.1) is 0 Å². The highest BCUT2D eigenvalue weighted by Crippen LogP contribution is 2.30. The van der Waals surface area contributed by atoms with Gasteiger partial charge in [-0.2, -0.15) is 0 Å². The van der Waals surface area contributed by atoms with Crippen LogP contribution in [-0.4, -0.2) is 140 Å². The lowest BCUT2D eigenvalue weighted by Crippen LogP contribution is -2.65. The molecule has 0 aliphatic carbocycles. The van der Waals surface area contributed by atoms with Crippen molar-refractivity contribution in [1.82, 2.24) is 5.32 Å². The van der Waals surface area contributed by atoms with Crippen LogP contribution in [0.5, 0.6) is 0 Å². The molecule has 12 unspecified atom stereocenters. The number of aliphatic hydroxyl groups excluding tert-OH is 8. The van der Waals surface area contributed by atoms with Crippen LogP contribution in [0.3, 0.4) is 0 Å². The smallest absolute Gasteiger partial charge is 0.220 e. The molecular formula is C69H121NO13. The van der Waals surface area contributed by atoms with Crippen molar-refractivity contribution in [3.63, 3.8) is 0 Å². The predicted octanol–water partition coefficient (Wildman–Crippen LogP) is 12.8. The molecule has 14 heteroatoms. The fourth-order valence-corrected chi connectivity index (χ4v) is 10.6. The van der Waals surface area contributed by atoms with Crippen molar-refractivity contribution < 1.29 is 64.6 Å². The van der Waals surface area contributed by atoms with E-state index < -0.39 is 86.8 Å². The fraction of sp³-hybridized carbons (Fsp3) is 0.783. The highest BCUT2D eigenvalue weighted by molar-refractivity contribution is 5.76. The summed E-state index contributed by atoms with van der Waals surface area (Å²) in [4.78, 5) is 13.2. The molecule has 2 aliphatic heterocycles. The molecule has 83 heavy (non-hydrogen) atoms. The molecule has 0 bridgehead atoms. The summed E-state index contributed by atoms with van der Waals surface area (Å²) < 4.78 is 22.8. The Kier molecular flexibility index (Phi) is 49.1. The first kappa shape index (κ1) is 76.3. The van der Waals surface area contributed by atoms with Crippen LogP contribution in [0.15, 0.2) is 85.1 Å². The lowest BCUT2D eigenvalue weighted by molar-refractivity contribution is -0.359. The summed E-state index contributed by atoms with van der Waals surface area (Å²) in [5, 5.41) is 87.0. The monoisotopic (exact) mass is 1170 g/mol. The number of hydrogen-bond acceptors (Lipinski definition) is 13. The maximum atomic E-state index is 13.2. The third-order valence-electron chi connectivity index (χ3n) is 15.9. The number of rotatable bonds is 53. The Bertz CT molecular complexity index is 1710. The van der Waals surface area contributed by atoms with E-state index in [9.17, 15) is 45.6 Å². The summed E-state index contributed by atoms with van der Waals surface area (Å²) in [7, 11) is 0. The van der Waals surface area contributed by atoms with Gasteiger partial charge in [-0.3, -0.25) is 4.79 Å². The quantitative estimate of drug-likeness (QED) is 0.0204. The van der Waals surface area contributed by atoms with Crippen LogP contribution < -0.4 is 5.32 Å². The van der Waals surface area contributed by atoms with E-state index in [1.54, 1.807) is 0 Å². The molecule has 0 aromatic heterocycles. The molecular weight excluding hydrogens is 1050 g/mol. The number of carbonyl (C=O) groups excluding carboxylic acids is 1. The molecule has 0 saturated carbocycles. The zero-order valence-corrected chi connectivity index (χ0v) is 51.9. The van der Waals surface area contributed by atoms with Gasteiger partial charge < -0.3 is 65.1 Å². The number of allylic oxidation sites excluding steroid dienone is 14. The van der Waals surface area contributed by atoms with Crippen LogP contribution in [0.1, 0.15) is 251 Å². The molecule has 9 N–H and O–H groups in total. The summed E-state index contributed by atoms with van der Waals surface area (Å²) in [6.07, 6.45) is 56.5. The van der Waals surface area contributed by atoms with Gasteiger partial charge in [0.1, 0.15) is 48.8 Å². The highest BCUT2D eigenvalue weighted by atomic mass is 16.7. The van der Waals surface area contributed by atoms with Crippen molar-refractivity contribution in [2.24, 2.45) is 0 Å². The van der Waals surface area contributed by atoms with Gasteiger partial charge in [-0.25, -0.2) is 0 Å².